The molecule has 0 aliphatic carbocycles. The van der Waals surface area contributed by atoms with E-state index >= 15 is 0 Å². The number of carboxylic acids is 1. The lowest BCUT2D eigenvalue weighted by atomic mass is 10.00. The second-order valence-corrected chi connectivity index (χ2v) is 6.09. The first-order chi connectivity index (χ1) is 9.19. The molecule has 0 aromatic carbocycles. The first kappa shape index (κ1) is 14.5. The number of hydrogen-bond donors (Lipinski definition) is 1. The van der Waals surface area contributed by atoms with Crippen LogP contribution >= 0.6 is 11.3 Å². The van der Waals surface area contributed by atoms with E-state index in [4.69, 9.17) is 5.11 Å². The van der Waals surface area contributed by atoms with E-state index in [-0.39, 0.29) is 6.42 Å². The van der Waals surface area contributed by atoms with E-state index in [1.165, 1.54) is 32.2 Å². The van der Waals surface area contributed by atoms with Gasteiger partial charge in [-0.3, -0.25) is 9.69 Å². The number of likely N-dealkylation sites (tertiary alicyclic amines) is 1. The molecule has 19 heavy (non-hydrogen) atoms. The second-order valence-electron chi connectivity index (χ2n) is 5.15. The number of aromatic nitrogens is 1. The zero-order valence-corrected chi connectivity index (χ0v) is 12.3. The summed E-state index contributed by atoms with van der Waals surface area (Å²) in [6.45, 7) is 4.52. The number of thiazole rings is 1. The van der Waals surface area contributed by atoms with Crippen molar-refractivity contribution in [1.29, 1.82) is 0 Å². The van der Waals surface area contributed by atoms with Gasteiger partial charge in [-0.05, 0) is 25.8 Å². The van der Waals surface area contributed by atoms with Gasteiger partial charge >= 0.3 is 5.97 Å². The Morgan fingerprint density at radius 2 is 2.42 bits per heavy atom. The third kappa shape index (κ3) is 4.28. The third-order valence-electron chi connectivity index (χ3n) is 3.76. The van der Waals surface area contributed by atoms with Crippen LogP contribution in [0.15, 0.2) is 5.38 Å². The van der Waals surface area contributed by atoms with Gasteiger partial charge < -0.3 is 5.11 Å². The highest BCUT2D eigenvalue weighted by molar-refractivity contribution is 7.09. The minimum atomic E-state index is -0.807. The van der Waals surface area contributed by atoms with Gasteiger partial charge in [-0.2, -0.15) is 0 Å². The molecule has 1 unspecified atom stereocenters. The summed E-state index contributed by atoms with van der Waals surface area (Å²) in [6, 6.07) is 0.729. The summed E-state index contributed by atoms with van der Waals surface area (Å²) in [5, 5.41) is 11.7. The maximum absolute atomic E-state index is 10.6. The molecule has 2 heterocycles. The van der Waals surface area contributed by atoms with Gasteiger partial charge in [0, 0.05) is 24.4 Å². The van der Waals surface area contributed by atoms with Gasteiger partial charge in [-0.25, -0.2) is 4.98 Å². The van der Waals surface area contributed by atoms with E-state index in [9.17, 15) is 4.79 Å². The van der Waals surface area contributed by atoms with Gasteiger partial charge in [-0.15, -0.1) is 11.3 Å². The minimum Gasteiger partial charge on any atom is -0.481 e. The lowest BCUT2D eigenvalue weighted by molar-refractivity contribution is -0.136. The van der Waals surface area contributed by atoms with E-state index in [1.54, 1.807) is 11.3 Å². The molecule has 1 aliphatic heterocycles. The van der Waals surface area contributed by atoms with E-state index in [0.29, 0.717) is 5.69 Å². The minimum absolute atomic E-state index is 0.0395. The van der Waals surface area contributed by atoms with Crippen LogP contribution < -0.4 is 0 Å². The fourth-order valence-corrected chi connectivity index (χ4v) is 3.54. The molecule has 0 amide bonds. The molecule has 1 saturated heterocycles. The lowest BCUT2D eigenvalue weighted by Gasteiger charge is -2.34. The molecule has 1 aromatic rings. The normalized spacial score (nSPS) is 20.6. The van der Waals surface area contributed by atoms with Crippen molar-refractivity contribution >= 4 is 17.3 Å². The van der Waals surface area contributed by atoms with E-state index in [2.05, 4.69) is 16.8 Å². The molecule has 1 aliphatic rings. The number of aliphatic carboxylic acids is 1. The van der Waals surface area contributed by atoms with Crippen LogP contribution in [0.1, 0.15) is 43.3 Å². The summed E-state index contributed by atoms with van der Waals surface area (Å²) in [5.74, 6) is -0.807. The number of carbonyl (C=O) groups is 1. The molecule has 0 bridgehead atoms. The highest BCUT2D eigenvalue weighted by Gasteiger charge is 2.20. The summed E-state index contributed by atoms with van der Waals surface area (Å²) in [7, 11) is 0. The van der Waals surface area contributed by atoms with Crippen LogP contribution in [0.25, 0.3) is 0 Å². The highest BCUT2D eigenvalue weighted by atomic mass is 32.1. The second kappa shape index (κ2) is 7.01. The topological polar surface area (TPSA) is 53.4 Å². The molecule has 1 aromatic heterocycles. The Hall–Kier alpha value is -0.940. The van der Waals surface area contributed by atoms with Gasteiger partial charge in [-0.1, -0.05) is 13.3 Å². The molecular weight excluding hydrogens is 260 g/mol. The summed E-state index contributed by atoms with van der Waals surface area (Å²) >= 11 is 1.59. The highest BCUT2D eigenvalue weighted by Crippen LogP contribution is 2.20. The largest absolute Gasteiger partial charge is 0.481 e. The fraction of sp³-hybridized carbons (Fsp3) is 0.714. The standard InChI is InChI=1S/C14H22N2O2S/c1-2-12-5-3-4-7-16(12)8-6-13-15-11(10-19-13)9-14(17)18/h10,12H,2-9H2,1H3,(H,17,18). The number of piperidine rings is 1. The van der Waals surface area contributed by atoms with Crippen LogP contribution in [-0.2, 0) is 17.6 Å². The van der Waals surface area contributed by atoms with Crippen molar-refractivity contribution in [2.24, 2.45) is 0 Å². The molecule has 0 radical (unpaired) electrons. The quantitative estimate of drug-likeness (QED) is 0.871. The third-order valence-corrected chi connectivity index (χ3v) is 4.72. The lowest BCUT2D eigenvalue weighted by Crippen LogP contribution is -2.40. The van der Waals surface area contributed by atoms with Crippen LogP contribution in [0, 0.1) is 0 Å². The summed E-state index contributed by atoms with van der Waals surface area (Å²) in [4.78, 5) is 17.6. The summed E-state index contributed by atoms with van der Waals surface area (Å²) in [5.41, 5.74) is 0.693. The van der Waals surface area contributed by atoms with Gasteiger partial charge in [0.25, 0.3) is 0 Å². The van der Waals surface area contributed by atoms with Crippen LogP contribution in [0.2, 0.25) is 0 Å². The van der Waals surface area contributed by atoms with Crippen LogP contribution in [-0.4, -0.2) is 40.1 Å². The summed E-state index contributed by atoms with van der Waals surface area (Å²) in [6.07, 6.45) is 6.19. The molecule has 4 nitrogen and oxygen atoms in total. The first-order valence-corrected chi connectivity index (χ1v) is 7.96. The van der Waals surface area contributed by atoms with E-state index in [0.717, 1.165) is 24.0 Å². The van der Waals surface area contributed by atoms with Gasteiger partial charge in [0.05, 0.1) is 17.1 Å². The average Bonchev–Trinajstić information content (AvgIpc) is 2.83. The Balaban J connectivity index is 1.84. The molecular formula is C14H22N2O2S. The smallest absolute Gasteiger partial charge is 0.309 e. The van der Waals surface area contributed by atoms with E-state index < -0.39 is 5.97 Å². The Morgan fingerprint density at radius 3 is 3.16 bits per heavy atom. The van der Waals surface area contributed by atoms with Gasteiger partial charge in [0.2, 0.25) is 0 Å². The Bertz CT molecular complexity index is 419. The molecule has 1 fully saturated rings. The van der Waals surface area contributed by atoms with Crippen molar-refractivity contribution in [3.63, 3.8) is 0 Å². The maximum atomic E-state index is 10.6. The van der Waals surface area contributed by atoms with Gasteiger partial charge in [0.1, 0.15) is 0 Å². The molecule has 1 N–H and O–H groups in total. The molecule has 0 saturated carbocycles. The van der Waals surface area contributed by atoms with Crippen molar-refractivity contribution in [3.8, 4) is 0 Å². The number of nitrogens with zero attached hydrogens (tertiary/aromatic N) is 2. The predicted octanol–water partition coefficient (Wildman–Crippen LogP) is 2.58. The summed E-state index contributed by atoms with van der Waals surface area (Å²) < 4.78 is 0. The van der Waals surface area contributed by atoms with Crippen LogP contribution in [0.4, 0.5) is 0 Å². The first-order valence-electron chi connectivity index (χ1n) is 7.08. The zero-order chi connectivity index (χ0) is 13.7. The zero-order valence-electron chi connectivity index (χ0n) is 11.5. The molecule has 106 valence electrons. The SMILES string of the molecule is CCC1CCCCN1CCc1nc(CC(=O)O)cs1. The Labute approximate surface area is 118 Å². The fourth-order valence-electron chi connectivity index (χ4n) is 2.76. The number of hydrogen-bond acceptors (Lipinski definition) is 4. The van der Waals surface area contributed by atoms with Crippen molar-refractivity contribution < 1.29 is 9.90 Å². The Morgan fingerprint density at radius 1 is 1.58 bits per heavy atom. The average molecular weight is 282 g/mol. The van der Waals surface area contributed by atoms with Gasteiger partial charge in [0.15, 0.2) is 0 Å². The molecule has 2 rings (SSSR count). The maximum Gasteiger partial charge on any atom is 0.309 e. The number of rotatable bonds is 6. The van der Waals surface area contributed by atoms with Crippen molar-refractivity contribution in [3.05, 3.63) is 16.1 Å². The monoisotopic (exact) mass is 282 g/mol. The number of carboxylic acid groups (broad SMARTS) is 1. The molecule has 5 heteroatoms. The van der Waals surface area contributed by atoms with Crippen LogP contribution in [0.5, 0.6) is 0 Å². The Kier molecular flexibility index (Phi) is 5.34. The van der Waals surface area contributed by atoms with Crippen molar-refractivity contribution in [2.45, 2.75) is 51.5 Å². The van der Waals surface area contributed by atoms with Crippen molar-refractivity contribution in [2.75, 3.05) is 13.1 Å². The molecule has 0 spiro atoms. The molecule has 1 atom stereocenters. The van der Waals surface area contributed by atoms with Crippen molar-refractivity contribution in [1.82, 2.24) is 9.88 Å². The van der Waals surface area contributed by atoms with Crippen LogP contribution in [0.3, 0.4) is 0 Å². The van der Waals surface area contributed by atoms with E-state index in [1.807, 2.05) is 5.38 Å². The predicted molar refractivity (Wildman–Crippen MR) is 76.7 cm³/mol.